The van der Waals surface area contributed by atoms with Gasteiger partial charge in [0.25, 0.3) is 0 Å². The van der Waals surface area contributed by atoms with Crippen LogP contribution in [0, 0.1) is 27.7 Å². The fraction of sp³-hybridized carbons (Fsp3) is 0.227. The highest BCUT2D eigenvalue weighted by Gasteiger charge is 2.28. The maximum Gasteiger partial charge on any atom is 0.0740 e. The standard InChI is InChI=1S/C44H46N2/c1-29(2)35-17-13-21-39(27-35)45(37-19-11-15-31(5)25-37)43-33(7)41-23-9-10-24-42(41)34(8)44(43)46(38-20-12-16-32(6)26-38)40-22-14-18-36(28-40)30(3)4/h9-30H,1-8H3. The monoisotopic (exact) mass is 602 g/mol. The fourth-order valence-electron chi connectivity index (χ4n) is 6.69. The highest BCUT2D eigenvalue weighted by Crippen LogP contribution is 2.52. The van der Waals surface area contributed by atoms with Crippen LogP contribution in [0.25, 0.3) is 10.8 Å². The van der Waals surface area contributed by atoms with Gasteiger partial charge in [0.05, 0.1) is 11.4 Å². The van der Waals surface area contributed by atoms with E-state index in [0.717, 1.165) is 22.7 Å². The van der Waals surface area contributed by atoms with Gasteiger partial charge in [-0.05, 0) is 132 Å². The molecular formula is C44H46N2. The first-order valence-electron chi connectivity index (χ1n) is 16.6. The van der Waals surface area contributed by atoms with Crippen LogP contribution < -0.4 is 9.80 Å². The summed E-state index contributed by atoms with van der Waals surface area (Å²) >= 11 is 0. The van der Waals surface area contributed by atoms with Crippen LogP contribution in [-0.2, 0) is 0 Å². The molecule has 0 radical (unpaired) electrons. The first-order chi connectivity index (χ1) is 22.1. The van der Waals surface area contributed by atoms with Crippen LogP contribution in [0.2, 0.25) is 0 Å². The molecule has 2 nitrogen and oxygen atoms in total. The zero-order chi connectivity index (χ0) is 32.5. The molecule has 0 saturated heterocycles. The van der Waals surface area contributed by atoms with E-state index in [9.17, 15) is 0 Å². The number of nitrogens with zero attached hydrogens (tertiary/aromatic N) is 2. The van der Waals surface area contributed by atoms with Crippen LogP contribution in [0.4, 0.5) is 34.1 Å². The molecular weight excluding hydrogens is 556 g/mol. The van der Waals surface area contributed by atoms with Crippen LogP contribution >= 0.6 is 0 Å². The lowest BCUT2D eigenvalue weighted by Crippen LogP contribution is -2.20. The number of hydrogen-bond acceptors (Lipinski definition) is 2. The van der Waals surface area contributed by atoms with Crippen molar-refractivity contribution in [1.29, 1.82) is 0 Å². The fourth-order valence-corrected chi connectivity index (χ4v) is 6.69. The molecule has 0 aliphatic heterocycles. The molecule has 0 unspecified atom stereocenters. The number of benzene rings is 6. The van der Waals surface area contributed by atoms with Crippen LogP contribution in [0.1, 0.15) is 72.9 Å². The van der Waals surface area contributed by atoms with Crippen LogP contribution in [0.5, 0.6) is 0 Å². The second-order valence-electron chi connectivity index (χ2n) is 13.3. The number of rotatable bonds is 8. The quantitative estimate of drug-likeness (QED) is 0.171. The maximum atomic E-state index is 2.50. The summed E-state index contributed by atoms with van der Waals surface area (Å²) in [6, 6.07) is 44.9. The Morgan fingerprint density at radius 1 is 0.391 bits per heavy atom. The van der Waals surface area contributed by atoms with Crippen molar-refractivity contribution >= 4 is 44.9 Å². The third-order valence-corrected chi connectivity index (χ3v) is 9.23. The van der Waals surface area contributed by atoms with Gasteiger partial charge < -0.3 is 9.80 Å². The Kier molecular flexibility index (Phi) is 8.73. The van der Waals surface area contributed by atoms with E-state index < -0.39 is 0 Å². The molecule has 0 spiro atoms. The first-order valence-corrected chi connectivity index (χ1v) is 16.6. The lowest BCUT2D eigenvalue weighted by atomic mass is 9.93. The van der Waals surface area contributed by atoms with E-state index >= 15 is 0 Å². The summed E-state index contributed by atoms with van der Waals surface area (Å²) in [5, 5.41) is 2.55. The Morgan fingerprint density at radius 3 is 1.09 bits per heavy atom. The average Bonchev–Trinajstić information content (AvgIpc) is 3.05. The van der Waals surface area contributed by atoms with Crippen molar-refractivity contribution in [3.63, 3.8) is 0 Å². The van der Waals surface area contributed by atoms with Gasteiger partial charge in [-0.3, -0.25) is 0 Å². The van der Waals surface area contributed by atoms with Gasteiger partial charge in [0.2, 0.25) is 0 Å². The van der Waals surface area contributed by atoms with Gasteiger partial charge in [0.1, 0.15) is 0 Å². The summed E-state index contributed by atoms with van der Waals surface area (Å²) in [6.07, 6.45) is 0. The molecule has 0 heterocycles. The van der Waals surface area contributed by atoms with Gasteiger partial charge in [0.15, 0.2) is 0 Å². The van der Waals surface area contributed by atoms with E-state index in [-0.39, 0.29) is 0 Å². The van der Waals surface area contributed by atoms with E-state index in [0.29, 0.717) is 11.8 Å². The summed E-state index contributed by atoms with van der Waals surface area (Å²) in [5.74, 6) is 0.835. The lowest BCUT2D eigenvalue weighted by Gasteiger charge is -2.37. The van der Waals surface area contributed by atoms with E-state index in [4.69, 9.17) is 0 Å². The number of aryl methyl sites for hydroxylation is 4. The van der Waals surface area contributed by atoms with Gasteiger partial charge in [-0.1, -0.05) is 100 Å². The molecule has 232 valence electrons. The third kappa shape index (κ3) is 5.93. The largest absolute Gasteiger partial charge is 0.308 e. The van der Waals surface area contributed by atoms with Crippen molar-refractivity contribution in [2.24, 2.45) is 0 Å². The number of fused-ring (bicyclic) bond motifs is 1. The summed E-state index contributed by atoms with van der Waals surface area (Å²) in [4.78, 5) is 5.00. The Hall–Kier alpha value is -4.82. The van der Waals surface area contributed by atoms with Gasteiger partial charge in [-0.25, -0.2) is 0 Å². The van der Waals surface area contributed by atoms with Gasteiger partial charge in [-0.15, -0.1) is 0 Å². The molecule has 0 aromatic heterocycles. The highest BCUT2D eigenvalue weighted by atomic mass is 15.2. The lowest BCUT2D eigenvalue weighted by molar-refractivity contribution is 0.866. The SMILES string of the molecule is Cc1cccc(N(c2cccc(C(C)C)c2)c2c(N(c3cccc(C)c3)c3cccc(C(C)C)c3)c(C)c3ccccc3c2C)c1. The van der Waals surface area contributed by atoms with E-state index in [2.05, 4.69) is 187 Å². The predicted octanol–water partition coefficient (Wildman–Crippen LogP) is 13.3. The molecule has 0 bridgehead atoms. The van der Waals surface area contributed by atoms with Crippen LogP contribution in [0.3, 0.4) is 0 Å². The van der Waals surface area contributed by atoms with Crippen molar-refractivity contribution in [2.45, 2.75) is 67.2 Å². The molecule has 0 saturated carbocycles. The Morgan fingerprint density at radius 2 is 0.739 bits per heavy atom. The summed E-state index contributed by atoms with van der Waals surface area (Å²) in [7, 11) is 0. The molecule has 6 rings (SSSR count). The highest BCUT2D eigenvalue weighted by molar-refractivity contribution is 6.05. The Bertz CT molecular complexity index is 1870. The van der Waals surface area contributed by atoms with Gasteiger partial charge >= 0.3 is 0 Å². The first kappa shape index (κ1) is 31.2. The van der Waals surface area contributed by atoms with Gasteiger partial charge in [-0.2, -0.15) is 0 Å². The van der Waals surface area contributed by atoms with Crippen molar-refractivity contribution in [3.8, 4) is 0 Å². The second-order valence-corrected chi connectivity index (χ2v) is 13.3. The molecule has 6 aromatic carbocycles. The average molecular weight is 603 g/mol. The van der Waals surface area contributed by atoms with Crippen molar-refractivity contribution in [1.82, 2.24) is 0 Å². The smallest absolute Gasteiger partial charge is 0.0740 e. The van der Waals surface area contributed by atoms with Crippen LogP contribution in [0.15, 0.2) is 121 Å². The number of hydrogen-bond donors (Lipinski definition) is 0. The Balaban J connectivity index is 1.79. The topological polar surface area (TPSA) is 6.48 Å². The van der Waals surface area contributed by atoms with E-state index in [1.807, 2.05) is 0 Å². The minimum absolute atomic E-state index is 0.417. The molecule has 6 aromatic rings. The molecule has 0 aliphatic carbocycles. The second kappa shape index (κ2) is 12.9. The minimum atomic E-state index is 0.417. The molecule has 46 heavy (non-hydrogen) atoms. The summed E-state index contributed by atoms with van der Waals surface area (Å²) in [6.45, 7) is 18.1. The van der Waals surface area contributed by atoms with E-state index in [1.165, 1.54) is 55.5 Å². The summed E-state index contributed by atoms with van der Waals surface area (Å²) in [5.41, 5.74) is 14.7. The zero-order valence-electron chi connectivity index (χ0n) is 28.6. The molecule has 0 atom stereocenters. The van der Waals surface area contributed by atoms with Crippen LogP contribution in [-0.4, -0.2) is 0 Å². The predicted molar refractivity (Wildman–Crippen MR) is 200 cm³/mol. The normalized spacial score (nSPS) is 11.4. The summed E-state index contributed by atoms with van der Waals surface area (Å²) < 4.78 is 0. The minimum Gasteiger partial charge on any atom is -0.308 e. The molecule has 0 aliphatic rings. The van der Waals surface area contributed by atoms with E-state index in [1.54, 1.807) is 0 Å². The van der Waals surface area contributed by atoms with Crippen molar-refractivity contribution < 1.29 is 0 Å². The number of anilines is 6. The maximum absolute atomic E-state index is 2.50. The van der Waals surface area contributed by atoms with Gasteiger partial charge in [0, 0.05) is 22.7 Å². The third-order valence-electron chi connectivity index (χ3n) is 9.23. The Labute approximate surface area is 276 Å². The molecule has 0 amide bonds. The molecule has 2 heteroatoms. The van der Waals surface area contributed by atoms with Crippen molar-refractivity contribution in [2.75, 3.05) is 9.80 Å². The van der Waals surface area contributed by atoms with Crippen molar-refractivity contribution in [3.05, 3.63) is 155 Å². The molecule has 0 N–H and O–H groups in total. The molecule has 0 fully saturated rings. The zero-order valence-corrected chi connectivity index (χ0v) is 28.6.